The number of hydrogen-bond donors (Lipinski definition) is 1. The van der Waals surface area contributed by atoms with Gasteiger partial charge in [0.1, 0.15) is 17.6 Å². The number of benzene rings is 2. The molecule has 1 aliphatic rings. The Morgan fingerprint density at radius 2 is 1.94 bits per heavy atom. The van der Waals surface area contributed by atoms with Gasteiger partial charge in [-0.25, -0.2) is 4.98 Å². The number of amides is 1. The van der Waals surface area contributed by atoms with E-state index in [1.807, 2.05) is 31.2 Å². The molecule has 0 saturated carbocycles. The monoisotopic (exact) mass is 491 g/mol. The van der Waals surface area contributed by atoms with Crippen molar-refractivity contribution in [3.63, 3.8) is 0 Å². The first-order chi connectivity index (χ1) is 16.5. The van der Waals surface area contributed by atoms with E-state index in [1.54, 1.807) is 42.6 Å². The lowest BCUT2D eigenvalue weighted by Crippen LogP contribution is -2.29. The molecule has 1 atom stereocenters. The zero-order valence-corrected chi connectivity index (χ0v) is 19.5. The second-order valence-corrected chi connectivity index (χ2v) is 8.88. The summed E-state index contributed by atoms with van der Waals surface area (Å²) < 4.78 is 6.39. The van der Waals surface area contributed by atoms with E-state index < -0.39 is 23.5 Å². The second-order valence-electron chi connectivity index (χ2n) is 7.46. The molecule has 7 nitrogen and oxygen atoms in total. The summed E-state index contributed by atoms with van der Waals surface area (Å²) in [6.07, 6.45) is 1.57. The van der Waals surface area contributed by atoms with Crippen LogP contribution in [0.5, 0.6) is 5.75 Å². The molecule has 1 aliphatic heterocycles. The Hall–Kier alpha value is -3.75. The van der Waals surface area contributed by atoms with Crippen LogP contribution < -0.4 is 9.64 Å². The van der Waals surface area contributed by atoms with E-state index in [9.17, 15) is 14.7 Å². The predicted molar refractivity (Wildman–Crippen MR) is 131 cm³/mol. The molecule has 3 heterocycles. The van der Waals surface area contributed by atoms with E-state index in [2.05, 4.69) is 9.97 Å². The maximum atomic E-state index is 13.3. The fraction of sp³-hybridized carbons (Fsp3) is 0.120. The Morgan fingerprint density at radius 1 is 1.15 bits per heavy atom. The molecule has 0 spiro atoms. The van der Waals surface area contributed by atoms with Crippen LogP contribution in [-0.4, -0.2) is 33.4 Å². The van der Waals surface area contributed by atoms with Gasteiger partial charge in [-0.15, -0.1) is 0 Å². The maximum absolute atomic E-state index is 13.3. The van der Waals surface area contributed by atoms with Gasteiger partial charge in [0, 0.05) is 11.8 Å². The van der Waals surface area contributed by atoms with Crippen molar-refractivity contribution in [2.45, 2.75) is 13.0 Å². The minimum atomic E-state index is -0.978. The van der Waals surface area contributed by atoms with E-state index >= 15 is 0 Å². The molecule has 1 fully saturated rings. The zero-order valence-electron chi connectivity index (χ0n) is 17.9. The third kappa shape index (κ3) is 3.70. The molecule has 1 saturated heterocycles. The van der Waals surface area contributed by atoms with Crippen molar-refractivity contribution in [1.82, 2.24) is 9.97 Å². The molecule has 0 bridgehead atoms. The number of carbonyl (C=O) groups excluding carboxylic acids is 2. The Kier molecular flexibility index (Phi) is 5.77. The van der Waals surface area contributed by atoms with Gasteiger partial charge in [0.2, 0.25) is 0 Å². The third-order valence-electron chi connectivity index (χ3n) is 5.40. The van der Waals surface area contributed by atoms with Crippen LogP contribution in [0.2, 0.25) is 5.02 Å². The number of carbonyl (C=O) groups is 2. The summed E-state index contributed by atoms with van der Waals surface area (Å²) in [5.41, 5.74) is 1.20. The van der Waals surface area contributed by atoms with Gasteiger partial charge in [-0.2, -0.15) is 0 Å². The molecule has 34 heavy (non-hydrogen) atoms. The van der Waals surface area contributed by atoms with E-state index in [0.717, 1.165) is 4.70 Å². The largest absolute Gasteiger partial charge is 0.507 e. The molecule has 9 heteroatoms. The Bertz CT molecular complexity index is 1420. The number of rotatable bonds is 5. The minimum Gasteiger partial charge on any atom is -0.507 e. The summed E-state index contributed by atoms with van der Waals surface area (Å²) >= 11 is 7.65. The number of anilines is 1. The summed E-state index contributed by atoms with van der Waals surface area (Å²) in [5.74, 6) is -1.56. The number of halogens is 1. The van der Waals surface area contributed by atoms with Crippen LogP contribution in [0.1, 0.15) is 24.2 Å². The topological polar surface area (TPSA) is 92.6 Å². The molecule has 1 N–H and O–H groups in total. The highest BCUT2D eigenvalue weighted by molar-refractivity contribution is 7.22. The number of hydrogen-bond acceptors (Lipinski definition) is 7. The summed E-state index contributed by atoms with van der Waals surface area (Å²) in [6.45, 7) is 2.25. The van der Waals surface area contributed by atoms with Gasteiger partial charge in [-0.3, -0.25) is 19.5 Å². The smallest absolute Gasteiger partial charge is 0.301 e. The number of aliphatic hydroxyl groups excluding tert-OH is 1. The first-order valence-electron chi connectivity index (χ1n) is 10.5. The highest BCUT2D eigenvalue weighted by atomic mass is 35.5. The van der Waals surface area contributed by atoms with Crippen LogP contribution in [0.3, 0.4) is 0 Å². The molecular formula is C25H18ClN3O4S. The van der Waals surface area contributed by atoms with E-state index in [-0.39, 0.29) is 16.2 Å². The molecule has 4 aromatic rings. The number of aromatic nitrogens is 2. The van der Waals surface area contributed by atoms with Crippen molar-refractivity contribution >= 4 is 55.7 Å². The van der Waals surface area contributed by atoms with Gasteiger partial charge in [0.25, 0.3) is 5.78 Å². The van der Waals surface area contributed by atoms with Crippen molar-refractivity contribution < 1.29 is 19.4 Å². The van der Waals surface area contributed by atoms with Crippen molar-refractivity contribution in [2.75, 3.05) is 11.5 Å². The number of Topliss-reactive ketones (excluding diaryl/α,β-unsaturated/α-hetero) is 1. The highest BCUT2D eigenvalue weighted by Crippen LogP contribution is 2.44. The summed E-state index contributed by atoms with van der Waals surface area (Å²) in [5, 5.41) is 11.9. The number of pyridine rings is 1. The van der Waals surface area contributed by atoms with Crippen LogP contribution in [0, 0.1) is 0 Å². The molecule has 170 valence electrons. The van der Waals surface area contributed by atoms with Crippen LogP contribution in [-0.2, 0) is 9.59 Å². The number of aliphatic hydroxyl groups is 1. The van der Waals surface area contributed by atoms with Crippen LogP contribution in [0.15, 0.2) is 72.4 Å². The van der Waals surface area contributed by atoms with Crippen molar-refractivity contribution in [3.05, 3.63) is 88.7 Å². The van der Waals surface area contributed by atoms with Crippen molar-refractivity contribution in [1.29, 1.82) is 0 Å². The van der Waals surface area contributed by atoms with Gasteiger partial charge in [-0.05, 0) is 49.4 Å². The fourth-order valence-electron chi connectivity index (χ4n) is 3.90. The van der Waals surface area contributed by atoms with Gasteiger partial charge in [-0.1, -0.05) is 41.1 Å². The van der Waals surface area contributed by atoms with E-state index in [0.29, 0.717) is 28.7 Å². The van der Waals surface area contributed by atoms with Crippen LogP contribution in [0.4, 0.5) is 5.13 Å². The molecule has 5 rings (SSSR count). The molecule has 2 aromatic carbocycles. The van der Waals surface area contributed by atoms with Gasteiger partial charge in [0.05, 0.1) is 33.1 Å². The molecule has 0 aliphatic carbocycles. The zero-order chi connectivity index (χ0) is 23.8. The Morgan fingerprint density at radius 3 is 2.68 bits per heavy atom. The van der Waals surface area contributed by atoms with E-state index in [4.69, 9.17) is 16.3 Å². The quantitative estimate of drug-likeness (QED) is 0.229. The third-order valence-corrected chi connectivity index (χ3v) is 6.77. The lowest BCUT2D eigenvalue weighted by molar-refractivity contribution is -0.132. The van der Waals surface area contributed by atoms with Crippen LogP contribution in [0.25, 0.3) is 16.0 Å². The predicted octanol–water partition coefficient (Wildman–Crippen LogP) is 5.37. The minimum absolute atomic E-state index is 0.112. The Balaban J connectivity index is 1.73. The molecule has 2 aromatic heterocycles. The average Bonchev–Trinajstić information content (AvgIpc) is 3.39. The van der Waals surface area contributed by atoms with Gasteiger partial charge >= 0.3 is 5.91 Å². The van der Waals surface area contributed by atoms with Crippen molar-refractivity contribution in [2.24, 2.45) is 0 Å². The lowest BCUT2D eigenvalue weighted by atomic mass is 9.98. The summed E-state index contributed by atoms with van der Waals surface area (Å²) in [7, 11) is 0. The van der Waals surface area contributed by atoms with Gasteiger partial charge in [0.15, 0.2) is 5.13 Å². The Labute approximate surface area is 203 Å². The molecular weight excluding hydrogens is 474 g/mol. The number of para-hydroxylation sites is 1. The van der Waals surface area contributed by atoms with E-state index in [1.165, 1.54) is 16.2 Å². The number of fused-ring (bicyclic) bond motifs is 1. The maximum Gasteiger partial charge on any atom is 0.301 e. The lowest BCUT2D eigenvalue weighted by Gasteiger charge is -2.22. The van der Waals surface area contributed by atoms with Crippen molar-refractivity contribution in [3.8, 4) is 5.75 Å². The number of thiazole rings is 1. The normalized spacial score (nSPS) is 17.5. The number of ketones is 1. The first-order valence-corrected chi connectivity index (χ1v) is 11.7. The summed E-state index contributed by atoms with van der Waals surface area (Å²) in [6, 6.07) is 16.4. The van der Waals surface area contributed by atoms with Crippen LogP contribution >= 0.6 is 22.9 Å². The number of ether oxygens (including phenoxy) is 1. The fourth-order valence-corrected chi connectivity index (χ4v) is 5.10. The first kappa shape index (κ1) is 22.1. The average molecular weight is 492 g/mol. The standard InChI is InChI=1S/C25H18ClN3O4S/c1-2-33-14-10-11-16(26)15(13-14)22(30)20-21(18-8-5-6-12-27-18)29(24(32)23(20)31)25-28-17-7-3-4-9-19(17)34-25/h3-13,21,30H,2H2,1H3/b22-20+. The highest BCUT2D eigenvalue weighted by Gasteiger charge is 2.49. The molecule has 1 amide bonds. The second kappa shape index (κ2) is 8.89. The molecule has 1 unspecified atom stereocenters. The SMILES string of the molecule is CCOc1ccc(Cl)c(/C(O)=C2\C(=O)C(=O)N(c3nc4ccccc4s3)C2c2ccccn2)c1. The summed E-state index contributed by atoms with van der Waals surface area (Å²) in [4.78, 5) is 36.8. The molecule has 0 radical (unpaired) electrons. The van der Waals surface area contributed by atoms with Gasteiger partial charge < -0.3 is 9.84 Å². The number of nitrogens with zero attached hydrogens (tertiary/aromatic N) is 3.